The Balaban J connectivity index is 1.97. The van der Waals surface area contributed by atoms with Gasteiger partial charge >= 0.3 is 0 Å². The number of fused-ring (bicyclic) bond motifs is 1. The Hall–Kier alpha value is -2.07. The maximum absolute atomic E-state index is 8.79. The number of nitrogens with two attached hydrogens (primary N) is 1. The van der Waals surface area contributed by atoms with E-state index in [4.69, 9.17) is 15.6 Å². The predicted molar refractivity (Wildman–Crippen MR) is 78.7 cm³/mol. The quantitative estimate of drug-likeness (QED) is 0.836. The van der Waals surface area contributed by atoms with Gasteiger partial charge in [0.15, 0.2) is 0 Å². The van der Waals surface area contributed by atoms with Crippen LogP contribution in [0.5, 0.6) is 5.88 Å². The summed E-state index contributed by atoms with van der Waals surface area (Å²) in [6, 6.07) is 8.04. The first kappa shape index (κ1) is 12.9. The minimum absolute atomic E-state index is 0.0209. The molecule has 0 atom stereocenters. The van der Waals surface area contributed by atoms with Crippen LogP contribution < -0.4 is 10.5 Å². The third-order valence-corrected chi connectivity index (χ3v) is 3.71. The molecule has 0 saturated carbocycles. The van der Waals surface area contributed by atoms with Crippen molar-refractivity contribution in [1.82, 2.24) is 4.98 Å². The Morgan fingerprint density at radius 1 is 1.25 bits per heavy atom. The fourth-order valence-corrected chi connectivity index (χ4v) is 2.75. The van der Waals surface area contributed by atoms with E-state index in [9.17, 15) is 0 Å². The van der Waals surface area contributed by atoms with Crippen molar-refractivity contribution in [3.05, 3.63) is 41.6 Å². The Bertz CT molecular complexity index is 626. The first-order valence-corrected chi connectivity index (χ1v) is 6.90. The lowest BCUT2D eigenvalue weighted by molar-refractivity contribution is 0.197. The number of rotatable bonds is 4. The first-order chi connectivity index (χ1) is 9.79. The van der Waals surface area contributed by atoms with Crippen molar-refractivity contribution in [2.24, 2.45) is 0 Å². The molecule has 104 valence electrons. The van der Waals surface area contributed by atoms with Crippen LogP contribution in [-0.4, -0.2) is 23.3 Å². The second kappa shape index (κ2) is 5.51. The molecule has 4 nitrogen and oxygen atoms in total. The molecular formula is C16H18N2O2. The summed E-state index contributed by atoms with van der Waals surface area (Å²) in [7, 11) is 0. The summed E-state index contributed by atoms with van der Waals surface area (Å²) in [5.74, 6) is 0.511. The van der Waals surface area contributed by atoms with Crippen molar-refractivity contribution in [3.8, 4) is 17.0 Å². The maximum Gasteiger partial charge on any atom is 0.213 e. The number of hydrogen-bond acceptors (Lipinski definition) is 4. The number of ether oxygens (including phenoxy) is 1. The zero-order valence-corrected chi connectivity index (χ0v) is 11.3. The van der Waals surface area contributed by atoms with E-state index in [1.165, 1.54) is 17.5 Å². The fourth-order valence-electron chi connectivity index (χ4n) is 2.75. The van der Waals surface area contributed by atoms with Gasteiger partial charge < -0.3 is 15.6 Å². The van der Waals surface area contributed by atoms with E-state index < -0.39 is 0 Å². The Morgan fingerprint density at radius 3 is 3.00 bits per heavy atom. The summed E-state index contributed by atoms with van der Waals surface area (Å²) in [5.41, 5.74) is 11.9. The molecule has 1 aromatic carbocycles. The van der Waals surface area contributed by atoms with Crippen LogP contribution in [0.4, 0.5) is 5.69 Å². The Labute approximate surface area is 118 Å². The number of hydrogen-bond donors (Lipinski definition) is 2. The number of benzene rings is 1. The van der Waals surface area contributed by atoms with Crippen molar-refractivity contribution in [2.45, 2.75) is 19.3 Å². The highest BCUT2D eigenvalue weighted by Crippen LogP contribution is 2.35. The number of aliphatic hydroxyl groups excluding tert-OH is 1. The Kier molecular flexibility index (Phi) is 3.56. The van der Waals surface area contributed by atoms with Gasteiger partial charge in [-0.1, -0.05) is 12.1 Å². The summed E-state index contributed by atoms with van der Waals surface area (Å²) in [6.45, 7) is 0.225. The molecule has 1 heterocycles. The number of aromatic nitrogens is 1. The van der Waals surface area contributed by atoms with E-state index in [0.717, 1.165) is 29.7 Å². The number of aliphatic hydroxyl groups is 1. The summed E-state index contributed by atoms with van der Waals surface area (Å²) < 4.78 is 5.35. The number of anilines is 1. The molecule has 0 fully saturated rings. The van der Waals surface area contributed by atoms with Gasteiger partial charge in [-0.3, -0.25) is 0 Å². The van der Waals surface area contributed by atoms with E-state index in [1.54, 1.807) is 6.20 Å². The van der Waals surface area contributed by atoms with E-state index in [1.807, 2.05) is 12.1 Å². The SMILES string of the molecule is Nc1c(-c2ccnc(OCCO)c2)ccc2c1CCC2. The molecule has 0 radical (unpaired) electrons. The number of aryl methyl sites for hydroxylation is 1. The monoisotopic (exact) mass is 270 g/mol. The molecule has 1 aliphatic carbocycles. The molecule has 0 spiro atoms. The summed E-state index contributed by atoms with van der Waals surface area (Å²) in [4.78, 5) is 4.13. The molecule has 0 amide bonds. The average Bonchev–Trinajstić information content (AvgIpc) is 2.95. The van der Waals surface area contributed by atoms with E-state index in [-0.39, 0.29) is 13.2 Å². The topological polar surface area (TPSA) is 68.4 Å². The van der Waals surface area contributed by atoms with E-state index in [0.29, 0.717) is 5.88 Å². The molecule has 3 N–H and O–H groups in total. The zero-order chi connectivity index (χ0) is 13.9. The van der Waals surface area contributed by atoms with Crippen LogP contribution in [0.25, 0.3) is 11.1 Å². The van der Waals surface area contributed by atoms with Gasteiger partial charge in [-0.05, 0) is 42.0 Å². The summed E-state index contributed by atoms with van der Waals surface area (Å²) >= 11 is 0. The van der Waals surface area contributed by atoms with Gasteiger partial charge in [0, 0.05) is 23.5 Å². The Morgan fingerprint density at radius 2 is 2.15 bits per heavy atom. The molecule has 4 heteroatoms. The average molecular weight is 270 g/mol. The molecule has 1 aliphatic rings. The maximum atomic E-state index is 8.79. The van der Waals surface area contributed by atoms with Gasteiger partial charge in [-0.15, -0.1) is 0 Å². The number of nitrogen functional groups attached to an aromatic ring is 1. The molecule has 0 aliphatic heterocycles. The van der Waals surface area contributed by atoms with Gasteiger partial charge in [0.2, 0.25) is 5.88 Å². The first-order valence-electron chi connectivity index (χ1n) is 6.90. The van der Waals surface area contributed by atoms with Gasteiger partial charge in [0.1, 0.15) is 6.61 Å². The van der Waals surface area contributed by atoms with E-state index >= 15 is 0 Å². The number of nitrogens with zero attached hydrogens (tertiary/aromatic N) is 1. The molecule has 0 saturated heterocycles. The lowest BCUT2D eigenvalue weighted by Gasteiger charge is -2.12. The third-order valence-electron chi connectivity index (χ3n) is 3.71. The largest absolute Gasteiger partial charge is 0.475 e. The molecule has 3 rings (SSSR count). The van der Waals surface area contributed by atoms with Gasteiger partial charge in [-0.25, -0.2) is 4.98 Å². The molecule has 20 heavy (non-hydrogen) atoms. The normalized spacial score (nSPS) is 13.2. The van der Waals surface area contributed by atoms with Crippen LogP contribution in [0.15, 0.2) is 30.5 Å². The minimum atomic E-state index is -0.0209. The van der Waals surface area contributed by atoms with Crippen molar-refractivity contribution >= 4 is 5.69 Å². The third kappa shape index (κ3) is 2.34. The fraction of sp³-hybridized carbons (Fsp3) is 0.312. The van der Waals surface area contributed by atoms with E-state index in [2.05, 4.69) is 17.1 Å². The van der Waals surface area contributed by atoms with Gasteiger partial charge in [0.25, 0.3) is 0 Å². The van der Waals surface area contributed by atoms with Crippen LogP contribution in [-0.2, 0) is 12.8 Å². The molecule has 0 bridgehead atoms. The van der Waals surface area contributed by atoms with Crippen LogP contribution in [0, 0.1) is 0 Å². The van der Waals surface area contributed by atoms with Crippen LogP contribution in [0.1, 0.15) is 17.5 Å². The van der Waals surface area contributed by atoms with Gasteiger partial charge in [0.05, 0.1) is 6.61 Å². The van der Waals surface area contributed by atoms with Crippen LogP contribution >= 0.6 is 0 Å². The van der Waals surface area contributed by atoms with Crippen molar-refractivity contribution < 1.29 is 9.84 Å². The van der Waals surface area contributed by atoms with Crippen molar-refractivity contribution in [3.63, 3.8) is 0 Å². The zero-order valence-electron chi connectivity index (χ0n) is 11.3. The minimum Gasteiger partial charge on any atom is -0.475 e. The highest BCUT2D eigenvalue weighted by atomic mass is 16.5. The smallest absolute Gasteiger partial charge is 0.213 e. The molecule has 0 unspecified atom stereocenters. The summed E-state index contributed by atoms with van der Waals surface area (Å²) in [6.07, 6.45) is 5.08. The molecule has 2 aromatic rings. The summed E-state index contributed by atoms with van der Waals surface area (Å²) in [5, 5.41) is 8.79. The lowest BCUT2D eigenvalue weighted by atomic mass is 9.98. The number of pyridine rings is 1. The second-order valence-corrected chi connectivity index (χ2v) is 4.97. The van der Waals surface area contributed by atoms with Gasteiger partial charge in [-0.2, -0.15) is 0 Å². The van der Waals surface area contributed by atoms with Crippen molar-refractivity contribution in [1.29, 1.82) is 0 Å². The highest BCUT2D eigenvalue weighted by molar-refractivity contribution is 5.80. The van der Waals surface area contributed by atoms with Crippen molar-refractivity contribution in [2.75, 3.05) is 18.9 Å². The molecule has 1 aromatic heterocycles. The molecular weight excluding hydrogens is 252 g/mol. The highest BCUT2D eigenvalue weighted by Gasteiger charge is 2.16. The standard InChI is InChI=1S/C16H18N2O2/c17-16-13-3-1-2-11(13)4-5-14(16)12-6-7-18-15(10-12)20-9-8-19/h4-7,10,19H,1-3,8-9,17H2. The predicted octanol–water partition coefficient (Wildman–Crippen LogP) is 2.19. The second-order valence-electron chi connectivity index (χ2n) is 4.97. The van der Waals surface area contributed by atoms with Crippen LogP contribution in [0.2, 0.25) is 0 Å². The van der Waals surface area contributed by atoms with Crippen LogP contribution in [0.3, 0.4) is 0 Å². The lowest BCUT2D eigenvalue weighted by Crippen LogP contribution is -2.03.